The highest BCUT2D eigenvalue weighted by molar-refractivity contribution is 6.33. The summed E-state index contributed by atoms with van der Waals surface area (Å²) < 4.78 is 7.21. The van der Waals surface area contributed by atoms with Crippen molar-refractivity contribution < 1.29 is 9.53 Å². The lowest BCUT2D eigenvalue weighted by Crippen LogP contribution is -2.17. The van der Waals surface area contributed by atoms with Crippen molar-refractivity contribution in [3.8, 4) is 11.4 Å². The van der Waals surface area contributed by atoms with Crippen molar-refractivity contribution in [2.75, 3.05) is 11.9 Å². The Morgan fingerprint density at radius 2 is 2.00 bits per heavy atom. The maximum Gasteiger partial charge on any atom is 0.227 e. The summed E-state index contributed by atoms with van der Waals surface area (Å²) in [6.07, 6.45) is 3.16. The number of nitrogens with zero attached hydrogens (tertiary/aromatic N) is 3. The van der Waals surface area contributed by atoms with Crippen molar-refractivity contribution >= 4 is 23.2 Å². The van der Waals surface area contributed by atoms with E-state index >= 15 is 0 Å². The minimum Gasteiger partial charge on any atom is -0.493 e. The van der Waals surface area contributed by atoms with E-state index in [9.17, 15) is 4.79 Å². The predicted molar refractivity (Wildman–Crippen MR) is 101 cm³/mol. The van der Waals surface area contributed by atoms with Crippen LogP contribution in [0, 0.1) is 13.8 Å². The molecule has 0 atom stereocenters. The van der Waals surface area contributed by atoms with E-state index in [1.165, 1.54) is 17.3 Å². The summed E-state index contributed by atoms with van der Waals surface area (Å²) in [7, 11) is 0. The first-order valence-electron chi connectivity index (χ1n) is 8.17. The largest absolute Gasteiger partial charge is 0.493 e. The molecule has 0 aliphatic rings. The molecule has 0 fully saturated rings. The van der Waals surface area contributed by atoms with Crippen LogP contribution in [0.1, 0.15) is 17.5 Å². The molecule has 0 saturated heterocycles. The van der Waals surface area contributed by atoms with E-state index in [4.69, 9.17) is 16.3 Å². The van der Waals surface area contributed by atoms with Gasteiger partial charge in [-0.1, -0.05) is 23.7 Å². The van der Waals surface area contributed by atoms with Gasteiger partial charge in [0.1, 0.15) is 24.1 Å². The van der Waals surface area contributed by atoms with Crippen molar-refractivity contribution in [3.05, 3.63) is 65.2 Å². The maximum absolute atomic E-state index is 12.3. The molecule has 3 rings (SSSR count). The molecule has 7 heteroatoms. The van der Waals surface area contributed by atoms with Gasteiger partial charge < -0.3 is 10.1 Å². The number of para-hydroxylation sites is 1. The number of nitrogens with one attached hydrogen (secondary N) is 1. The van der Waals surface area contributed by atoms with Gasteiger partial charge in [0.2, 0.25) is 5.91 Å². The lowest BCUT2D eigenvalue weighted by Gasteiger charge is -2.13. The second-order valence-corrected chi connectivity index (χ2v) is 6.35. The molecule has 0 bridgehead atoms. The van der Waals surface area contributed by atoms with Crippen LogP contribution in [-0.2, 0) is 4.79 Å². The number of amides is 1. The van der Waals surface area contributed by atoms with Gasteiger partial charge in [0.15, 0.2) is 0 Å². The minimum atomic E-state index is -0.169. The summed E-state index contributed by atoms with van der Waals surface area (Å²) in [5.74, 6) is 0.597. The third-order valence-corrected chi connectivity index (χ3v) is 4.01. The van der Waals surface area contributed by atoms with Gasteiger partial charge in [0, 0.05) is 0 Å². The van der Waals surface area contributed by atoms with E-state index in [0.29, 0.717) is 16.4 Å². The fourth-order valence-electron chi connectivity index (χ4n) is 2.66. The number of hydrogen-bond acceptors (Lipinski definition) is 4. The fraction of sp³-hybridized carbons (Fsp3) is 0.211. The molecule has 0 aliphatic heterocycles. The monoisotopic (exact) mass is 370 g/mol. The number of carbonyl (C=O) groups is 1. The van der Waals surface area contributed by atoms with Crippen LogP contribution in [0.2, 0.25) is 5.02 Å². The summed E-state index contributed by atoms with van der Waals surface area (Å²) in [6.45, 7) is 4.31. The van der Waals surface area contributed by atoms with E-state index in [0.717, 1.165) is 16.9 Å². The highest BCUT2D eigenvalue weighted by Crippen LogP contribution is 2.27. The Balaban J connectivity index is 1.63. The smallest absolute Gasteiger partial charge is 0.227 e. The number of ether oxygens (including phenoxy) is 1. The average molecular weight is 371 g/mol. The highest BCUT2D eigenvalue weighted by Gasteiger charge is 2.12. The fourth-order valence-corrected chi connectivity index (χ4v) is 2.92. The van der Waals surface area contributed by atoms with Crippen LogP contribution in [0.3, 0.4) is 0 Å². The molecule has 134 valence electrons. The zero-order chi connectivity index (χ0) is 18.5. The van der Waals surface area contributed by atoms with Gasteiger partial charge in [0.25, 0.3) is 0 Å². The van der Waals surface area contributed by atoms with Crippen LogP contribution in [0.5, 0.6) is 5.75 Å². The second-order valence-electron chi connectivity index (χ2n) is 5.95. The number of halogens is 1. The predicted octanol–water partition coefficient (Wildman–Crippen LogP) is 3.95. The molecule has 26 heavy (non-hydrogen) atoms. The van der Waals surface area contributed by atoms with Crippen LogP contribution < -0.4 is 10.1 Å². The topological polar surface area (TPSA) is 69.0 Å². The minimum absolute atomic E-state index is 0.169. The number of aromatic nitrogens is 3. The SMILES string of the molecule is Cc1cc(C)cc(OCCC(=O)Nc2cccc(Cl)c2-n2cncn2)c1. The summed E-state index contributed by atoms with van der Waals surface area (Å²) >= 11 is 6.25. The molecule has 1 aromatic heterocycles. The molecular weight excluding hydrogens is 352 g/mol. The summed E-state index contributed by atoms with van der Waals surface area (Å²) in [5, 5.41) is 7.41. The van der Waals surface area contributed by atoms with Gasteiger partial charge in [-0.15, -0.1) is 0 Å². The quantitative estimate of drug-likeness (QED) is 0.713. The Labute approximate surface area is 156 Å². The number of anilines is 1. The molecule has 1 amide bonds. The zero-order valence-corrected chi connectivity index (χ0v) is 15.3. The van der Waals surface area contributed by atoms with Crippen LogP contribution >= 0.6 is 11.6 Å². The molecule has 0 saturated carbocycles. The first-order valence-corrected chi connectivity index (χ1v) is 8.55. The zero-order valence-electron chi connectivity index (χ0n) is 14.6. The third-order valence-electron chi connectivity index (χ3n) is 3.70. The second kappa shape index (κ2) is 8.01. The summed E-state index contributed by atoms with van der Waals surface area (Å²) in [5.41, 5.74) is 3.40. The molecule has 3 aromatic rings. The lowest BCUT2D eigenvalue weighted by molar-refractivity contribution is -0.116. The Morgan fingerprint density at radius 1 is 1.23 bits per heavy atom. The van der Waals surface area contributed by atoms with Crippen LogP contribution in [0.4, 0.5) is 5.69 Å². The van der Waals surface area contributed by atoms with Crippen molar-refractivity contribution in [2.45, 2.75) is 20.3 Å². The van der Waals surface area contributed by atoms with Crippen molar-refractivity contribution in [1.29, 1.82) is 0 Å². The Bertz CT molecular complexity index is 890. The van der Waals surface area contributed by atoms with Crippen LogP contribution in [-0.4, -0.2) is 27.3 Å². The van der Waals surface area contributed by atoms with E-state index in [2.05, 4.69) is 21.5 Å². The van der Waals surface area contributed by atoms with E-state index in [-0.39, 0.29) is 18.9 Å². The maximum atomic E-state index is 12.3. The van der Waals surface area contributed by atoms with Gasteiger partial charge in [-0.05, 0) is 49.2 Å². The molecule has 0 radical (unpaired) electrons. The van der Waals surface area contributed by atoms with Gasteiger partial charge >= 0.3 is 0 Å². The molecule has 2 aromatic carbocycles. The molecule has 1 heterocycles. The van der Waals surface area contributed by atoms with Gasteiger partial charge in [0.05, 0.1) is 23.7 Å². The normalized spacial score (nSPS) is 10.6. The van der Waals surface area contributed by atoms with Crippen molar-refractivity contribution in [2.24, 2.45) is 0 Å². The first kappa shape index (κ1) is 17.9. The average Bonchev–Trinajstić information content (AvgIpc) is 3.08. The third kappa shape index (κ3) is 4.40. The van der Waals surface area contributed by atoms with Gasteiger partial charge in [-0.2, -0.15) is 5.10 Å². The lowest BCUT2D eigenvalue weighted by atomic mass is 10.1. The van der Waals surface area contributed by atoms with Crippen LogP contribution in [0.15, 0.2) is 49.1 Å². The number of rotatable bonds is 6. The number of benzene rings is 2. The van der Waals surface area contributed by atoms with E-state index in [1.807, 2.05) is 26.0 Å². The molecule has 0 unspecified atom stereocenters. The Kier molecular flexibility index (Phi) is 5.53. The van der Waals surface area contributed by atoms with E-state index < -0.39 is 0 Å². The molecule has 6 nitrogen and oxygen atoms in total. The molecule has 1 N–H and O–H groups in total. The summed E-state index contributed by atoms with van der Waals surface area (Å²) in [6, 6.07) is 11.2. The first-order chi connectivity index (χ1) is 12.5. The van der Waals surface area contributed by atoms with E-state index in [1.54, 1.807) is 18.2 Å². The summed E-state index contributed by atoms with van der Waals surface area (Å²) in [4.78, 5) is 16.2. The molecular formula is C19H19ClN4O2. The van der Waals surface area contributed by atoms with Crippen LogP contribution in [0.25, 0.3) is 5.69 Å². The number of carbonyl (C=O) groups excluding carboxylic acids is 1. The highest BCUT2D eigenvalue weighted by atomic mass is 35.5. The van der Waals surface area contributed by atoms with Gasteiger partial charge in [-0.25, -0.2) is 9.67 Å². The standard InChI is InChI=1S/C19H19ClN4O2/c1-13-8-14(2)10-15(9-13)26-7-6-18(25)23-17-5-3-4-16(20)19(17)24-12-21-11-22-24/h3-5,8-12H,6-7H2,1-2H3,(H,23,25). The molecule has 0 spiro atoms. The van der Waals surface area contributed by atoms with Crippen molar-refractivity contribution in [1.82, 2.24) is 14.8 Å². The number of hydrogen-bond donors (Lipinski definition) is 1. The number of aryl methyl sites for hydroxylation is 2. The molecule has 0 aliphatic carbocycles. The Hall–Kier alpha value is -2.86. The van der Waals surface area contributed by atoms with Crippen molar-refractivity contribution in [3.63, 3.8) is 0 Å². The van der Waals surface area contributed by atoms with Gasteiger partial charge in [-0.3, -0.25) is 4.79 Å². The Morgan fingerprint density at radius 3 is 2.69 bits per heavy atom.